The molecule has 0 amide bonds. The van der Waals surface area contributed by atoms with Crippen molar-refractivity contribution in [2.24, 2.45) is 11.8 Å². The molecule has 0 radical (unpaired) electrons. The first-order valence-electron chi connectivity index (χ1n) is 7.78. The summed E-state index contributed by atoms with van der Waals surface area (Å²) < 4.78 is 25.6. The molecule has 3 fully saturated rings. The Morgan fingerprint density at radius 3 is 2.52 bits per heavy atom. The molecule has 0 aromatic rings. The molecule has 3 aliphatic rings. The maximum Gasteiger partial charge on any atom is 0.344 e. The van der Waals surface area contributed by atoms with E-state index in [0.717, 1.165) is 0 Å². The van der Waals surface area contributed by atoms with E-state index in [4.69, 9.17) is 18.9 Å². The lowest BCUT2D eigenvalue weighted by atomic mass is 9.77. The Morgan fingerprint density at radius 1 is 1.16 bits per heavy atom. The molecule has 0 spiro atoms. The van der Waals surface area contributed by atoms with Crippen molar-refractivity contribution in [3.8, 4) is 0 Å². The highest BCUT2D eigenvalue weighted by atomic mass is 16.7. The molecule has 3 aliphatic heterocycles. The molecule has 0 N–H and O–H groups in total. The molecule has 0 aromatic heterocycles. The number of ether oxygens (including phenoxy) is 5. The van der Waals surface area contributed by atoms with Crippen LogP contribution in [0.15, 0.2) is 12.2 Å². The number of hydrogen-bond donors (Lipinski definition) is 0. The fraction of sp³-hybridized carbons (Fsp3) is 0.625. The van der Waals surface area contributed by atoms with Crippen LogP contribution in [0.3, 0.4) is 0 Å². The summed E-state index contributed by atoms with van der Waals surface area (Å²) in [4.78, 5) is 46.9. The number of fused-ring (bicyclic) bond motifs is 1. The van der Waals surface area contributed by atoms with E-state index in [2.05, 4.69) is 11.3 Å². The van der Waals surface area contributed by atoms with Crippen molar-refractivity contribution in [1.29, 1.82) is 0 Å². The molecular formula is C16H18O9. The Kier molecular flexibility index (Phi) is 4.51. The molecule has 9 heteroatoms. The number of esters is 4. The molecule has 6 unspecified atom stereocenters. The highest BCUT2D eigenvalue weighted by Gasteiger charge is 2.69. The monoisotopic (exact) mass is 354 g/mol. The van der Waals surface area contributed by atoms with E-state index in [9.17, 15) is 19.2 Å². The van der Waals surface area contributed by atoms with Gasteiger partial charge in [-0.3, -0.25) is 9.59 Å². The number of hydrogen-bond acceptors (Lipinski definition) is 9. The Morgan fingerprint density at radius 2 is 1.88 bits per heavy atom. The Bertz CT molecular complexity index is 640. The van der Waals surface area contributed by atoms with Crippen molar-refractivity contribution in [3.05, 3.63) is 12.2 Å². The minimum atomic E-state index is -0.849. The van der Waals surface area contributed by atoms with Gasteiger partial charge in [-0.05, 0) is 6.92 Å². The summed E-state index contributed by atoms with van der Waals surface area (Å²) in [6.45, 7) is 4.26. The zero-order valence-electron chi connectivity index (χ0n) is 13.8. The third kappa shape index (κ3) is 2.99. The summed E-state index contributed by atoms with van der Waals surface area (Å²) in [5.74, 6) is -3.52. The third-order valence-electron chi connectivity index (χ3n) is 4.61. The van der Waals surface area contributed by atoms with Gasteiger partial charge in [0.1, 0.15) is 12.2 Å². The van der Waals surface area contributed by atoms with E-state index in [1.165, 1.54) is 14.0 Å². The van der Waals surface area contributed by atoms with E-state index in [0.29, 0.717) is 0 Å². The summed E-state index contributed by atoms with van der Waals surface area (Å²) in [5.41, 5.74) is 0.154. The number of carbonyl (C=O) groups is 4. The summed E-state index contributed by atoms with van der Waals surface area (Å²) >= 11 is 0. The molecule has 9 nitrogen and oxygen atoms in total. The van der Waals surface area contributed by atoms with Crippen molar-refractivity contribution in [2.75, 3.05) is 13.7 Å². The summed E-state index contributed by atoms with van der Waals surface area (Å²) in [7, 11) is 1.25. The van der Waals surface area contributed by atoms with E-state index in [-0.39, 0.29) is 12.0 Å². The van der Waals surface area contributed by atoms with Gasteiger partial charge in [0.15, 0.2) is 18.8 Å². The topological polar surface area (TPSA) is 114 Å². The van der Waals surface area contributed by atoms with Gasteiger partial charge < -0.3 is 23.7 Å². The van der Waals surface area contributed by atoms with Crippen molar-refractivity contribution >= 4 is 23.9 Å². The van der Waals surface area contributed by atoms with Crippen LogP contribution < -0.4 is 0 Å². The first-order valence-corrected chi connectivity index (χ1v) is 7.78. The van der Waals surface area contributed by atoms with Gasteiger partial charge in [0.05, 0.1) is 19.4 Å². The van der Waals surface area contributed by atoms with Gasteiger partial charge in [0.2, 0.25) is 0 Å². The van der Waals surface area contributed by atoms with Gasteiger partial charge >= 0.3 is 23.9 Å². The standard InChI is InChI=1S/C16H18O9/c1-6(2)15(19)22-5-9(18)23-13-11-7(4-8(17)21-3)10-12(24-11)14(13)25-16(10)20/h7,10-14H,1,4-5H2,2-3H3. The molecule has 2 bridgehead atoms. The second-order valence-corrected chi connectivity index (χ2v) is 6.25. The van der Waals surface area contributed by atoms with E-state index < -0.39 is 66.7 Å². The first-order chi connectivity index (χ1) is 11.8. The predicted molar refractivity (Wildman–Crippen MR) is 77.8 cm³/mol. The zero-order chi connectivity index (χ0) is 18.3. The Hall–Kier alpha value is -2.42. The minimum Gasteiger partial charge on any atom is -0.469 e. The summed E-state index contributed by atoms with van der Waals surface area (Å²) in [6, 6.07) is 0. The Balaban J connectivity index is 1.65. The number of methoxy groups -OCH3 is 1. The number of rotatable bonds is 6. The summed E-state index contributed by atoms with van der Waals surface area (Å²) in [6.07, 6.45) is -2.80. The maximum absolute atomic E-state index is 12.0. The zero-order valence-corrected chi connectivity index (χ0v) is 13.8. The van der Waals surface area contributed by atoms with E-state index >= 15 is 0 Å². The van der Waals surface area contributed by atoms with Gasteiger partial charge in [0.25, 0.3) is 0 Å². The molecule has 3 rings (SSSR count). The molecule has 0 saturated carbocycles. The largest absolute Gasteiger partial charge is 0.469 e. The molecule has 3 heterocycles. The first kappa shape index (κ1) is 17.4. The fourth-order valence-electron chi connectivity index (χ4n) is 3.53. The third-order valence-corrected chi connectivity index (χ3v) is 4.61. The molecule has 6 atom stereocenters. The van der Waals surface area contributed by atoms with E-state index in [1.807, 2.05) is 0 Å². The highest BCUT2D eigenvalue weighted by Crippen LogP contribution is 2.52. The highest BCUT2D eigenvalue weighted by molar-refractivity contribution is 5.88. The van der Waals surface area contributed by atoms with Crippen LogP contribution in [0.1, 0.15) is 13.3 Å². The SMILES string of the molecule is C=C(C)C(=O)OCC(=O)OC1C2OC3C1OC(=O)C3C2CC(=O)OC. The number of carbonyl (C=O) groups excluding carboxylic acids is 4. The maximum atomic E-state index is 12.0. The van der Waals surface area contributed by atoms with Crippen LogP contribution in [-0.4, -0.2) is 62.0 Å². The normalized spacial score (nSPS) is 34.4. The van der Waals surface area contributed by atoms with Crippen LogP contribution in [0.2, 0.25) is 0 Å². The lowest BCUT2D eigenvalue weighted by Gasteiger charge is -2.27. The summed E-state index contributed by atoms with van der Waals surface area (Å²) in [5, 5.41) is 0. The van der Waals surface area contributed by atoms with Crippen LogP contribution in [0, 0.1) is 11.8 Å². The van der Waals surface area contributed by atoms with Gasteiger partial charge in [-0.15, -0.1) is 0 Å². The van der Waals surface area contributed by atoms with Gasteiger partial charge in [-0.2, -0.15) is 0 Å². The van der Waals surface area contributed by atoms with Gasteiger partial charge in [-0.25, -0.2) is 9.59 Å². The van der Waals surface area contributed by atoms with Gasteiger partial charge in [0, 0.05) is 11.5 Å². The van der Waals surface area contributed by atoms with Crippen LogP contribution >= 0.6 is 0 Å². The van der Waals surface area contributed by atoms with Crippen molar-refractivity contribution in [2.45, 2.75) is 37.8 Å². The molecule has 3 saturated heterocycles. The lowest BCUT2D eigenvalue weighted by Crippen LogP contribution is -2.46. The van der Waals surface area contributed by atoms with Crippen LogP contribution in [0.4, 0.5) is 0 Å². The average molecular weight is 354 g/mol. The van der Waals surface area contributed by atoms with Crippen molar-refractivity contribution in [1.82, 2.24) is 0 Å². The van der Waals surface area contributed by atoms with Gasteiger partial charge in [-0.1, -0.05) is 6.58 Å². The van der Waals surface area contributed by atoms with Crippen LogP contribution in [-0.2, 0) is 42.9 Å². The smallest absolute Gasteiger partial charge is 0.344 e. The molecular weight excluding hydrogens is 336 g/mol. The van der Waals surface area contributed by atoms with Crippen molar-refractivity contribution < 1.29 is 42.9 Å². The van der Waals surface area contributed by atoms with E-state index in [1.54, 1.807) is 0 Å². The average Bonchev–Trinajstić information content (AvgIpc) is 3.16. The Labute approximate surface area is 143 Å². The second-order valence-electron chi connectivity index (χ2n) is 6.25. The fourth-order valence-corrected chi connectivity index (χ4v) is 3.53. The molecule has 136 valence electrons. The van der Waals surface area contributed by atoms with Crippen LogP contribution in [0.5, 0.6) is 0 Å². The lowest BCUT2D eigenvalue weighted by molar-refractivity contribution is -0.168. The predicted octanol–water partition coefficient (Wildman–Crippen LogP) is -0.481. The van der Waals surface area contributed by atoms with Crippen LogP contribution in [0.25, 0.3) is 0 Å². The molecule has 0 aromatic carbocycles. The minimum absolute atomic E-state index is 0.0388. The molecule has 0 aliphatic carbocycles. The quantitative estimate of drug-likeness (QED) is 0.354. The molecule has 25 heavy (non-hydrogen) atoms. The van der Waals surface area contributed by atoms with Crippen molar-refractivity contribution in [3.63, 3.8) is 0 Å². The second kappa shape index (κ2) is 6.47.